The molecular weight excluding hydrogens is 296 g/mol. The summed E-state index contributed by atoms with van der Waals surface area (Å²) in [6.07, 6.45) is 0. The van der Waals surface area contributed by atoms with Crippen LogP contribution in [0.15, 0.2) is 4.90 Å². The number of rotatable bonds is 7. The largest absolute Gasteiger partial charge is 0.303 e. The molecule has 1 aromatic rings. The first-order valence-corrected chi connectivity index (χ1v) is 9.44. The van der Waals surface area contributed by atoms with Crippen molar-refractivity contribution in [2.45, 2.75) is 53.4 Å². The number of nitrogens with zero attached hydrogens (tertiary/aromatic N) is 1. The lowest BCUT2D eigenvalue weighted by Gasteiger charge is -2.21. The smallest absolute Gasteiger partial charge is 0.241 e. The second-order valence-electron chi connectivity index (χ2n) is 5.88. The van der Waals surface area contributed by atoms with Gasteiger partial charge in [0.05, 0.1) is 4.90 Å². The maximum absolute atomic E-state index is 12.7. The van der Waals surface area contributed by atoms with Gasteiger partial charge in [-0.15, -0.1) is 0 Å². The van der Waals surface area contributed by atoms with E-state index in [0.717, 1.165) is 41.9 Å². The Kier molecular flexibility index (Phi) is 6.59. The Morgan fingerprint density at radius 2 is 1.23 bits per heavy atom. The summed E-state index contributed by atoms with van der Waals surface area (Å²) in [5, 5.41) is 0. The Labute approximate surface area is 136 Å². The summed E-state index contributed by atoms with van der Waals surface area (Å²) in [4.78, 5) is 2.65. The molecule has 22 heavy (non-hydrogen) atoms. The van der Waals surface area contributed by atoms with Gasteiger partial charge in [0, 0.05) is 13.1 Å². The van der Waals surface area contributed by atoms with Gasteiger partial charge in [-0.25, -0.2) is 13.1 Å². The zero-order valence-electron chi connectivity index (χ0n) is 15.0. The zero-order valence-corrected chi connectivity index (χ0v) is 15.8. The van der Waals surface area contributed by atoms with Crippen LogP contribution in [0, 0.1) is 34.6 Å². The molecule has 0 saturated heterocycles. The molecule has 1 rings (SSSR count). The standard InChI is InChI=1S/C17H30N2O2S/c1-8-19(9-2)11-10-18-22(20,21)17-15(6)13(4)12(3)14(5)16(17)7/h18H,8-11H2,1-7H3. The summed E-state index contributed by atoms with van der Waals surface area (Å²) in [6.45, 7) is 17.0. The Hall–Kier alpha value is -0.910. The van der Waals surface area contributed by atoms with Gasteiger partial charge in [0.1, 0.15) is 0 Å². The van der Waals surface area contributed by atoms with Gasteiger partial charge in [0.25, 0.3) is 0 Å². The van der Waals surface area contributed by atoms with E-state index in [2.05, 4.69) is 30.4 Å². The molecule has 0 radical (unpaired) electrons. The van der Waals surface area contributed by atoms with Gasteiger partial charge in [0.15, 0.2) is 0 Å². The van der Waals surface area contributed by atoms with Crippen LogP contribution in [0.1, 0.15) is 41.7 Å². The van der Waals surface area contributed by atoms with Gasteiger partial charge in [-0.2, -0.15) is 0 Å². The normalized spacial score (nSPS) is 12.2. The lowest BCUT2D eigenvalue weighted by molar-refractivity contribution is 0.309. The zero-order chi connectivity index (χ0) is 17.1. The lowest BCUT2D eigenvalue weighted by Crippen LogP contribution is -2.35. The minimum Gasteiger partial charge on any atom is -0.303 e. The van der Waals surface area contributed by atoms with Crippen molar-refractivity contribution in [2.75, 3.05) is 26.2 Å². The van der Waals surface area contributed by atoms with Gasteiger partial charge in [-0.3, -0.25) is 0 Å². The molecule has 0 unspecified atom stereocenters. The number of hydrogen-bond acceptors (Lipinski definition) is 3. The number of nitrogens with one attached hydrogen (secondary N) is 1. The minimum atomic E-state index is -3.47. The highest BCUT2D eigenvalue weighted by Gasteiger charge is 2.23. The first-order valence-electron chi connectivity index (χ1n) is 7.96. The van der Waals surface area contributed by atoms with Gasteiger partial charge < -0.3 is 4.90 Å². The monoisotopic (exact) mass is 326 g/mol. The van der Waals surface area contributed by atoms with E-state index in [0.29, 0.717) is 11.4 Å². The van der Waals surface area contributed by atoms with Gasteiger partial charge in [-0.1, -0.05) is 13.8 Å². The fourth-order valence-electron chi connectivity index (χ4n) is 2.82. The minimum absolute atomic E-state index is 0.439. The van der Waals surface area contributed by atoms with Crippen molar-refractivity contribution in [1.29, 1.82) is 0 Å². The Balaban J connectivity index is 3.09. The number of sulfonamides is 1. The molecule has 0 fully saturated rings. The molecular formula is C17H30N2O2S. The molecule has 4 nitrogen and oxygen atoms in total. The van der Waals surface area contributed by atoms with Gasteiger partial charge in [-0.05, 0) is 75.5 Å². The molecule has 0 aliphatic rings. The van der Waals surface area contributed by atoms with Gasteiger partial charge >= 0.3 is 0 Å². The molecule has 1 N–H and O–H groups in total. The highest BCUT2D eigenvalue weighted by molar-refractivity contribution is 7.89. The highest BCUT2D eigenvalue weighted by Crippen LogP contribution is 2.29. The molecule has 0 aliphatic carbocycles. The number of benzene rings is 1. The quantitative estimate of drug-likeness (QED) is 0.838. The maximum atomic E-state index is 12.7. The van der Waals surface area contributed by atoms with Crippen molar-refractivity contribution < 1.29 is 8.42 Å². The fraction of sp³-hybridized carbons (Fsp3) is 0.647. The summed E-state index contributed by atoms with van der Waals surface area (Å²) in [5.41, 5.74) is 5.02. The Bertz CT molecular complexity index is 604. The topological polar surface area (TPSA) is 49.4 Å². The van der Waals surface area contributed by atoms with Crippen LogP contribution in [0.5, 0.6) is 0 Å². The molecule has 5 heteroatoms. The van der Waals surface area contributed by atoms with Crippen molar-refractivity contribution in [2.24, 2.45) is 0 Å². The SMILES string of the molecule is CCN(CC)CCNS(=O)(=O)c1c(C)c(C)c(C)c(C)c1C. The third-order valence-electron chi connectivity index (χ3n) is 4.81. The van der Waals surface area contributed by atoms with E-state index in [1.807, 2.05) is 27.7 Å². The molecule has 1 aromatic carbocycles. The van der Waals surface area contributed by atoms with Crippen molar-refractivity contribution in [3.63, 3.8) is 0 Å². The van der Waals surface area contributed by atoms with Crippen LogP contribution in [0.2, 0.25) is 0 Å². The molecule has 0 amide bonds. The highest BCUT2D eigenvalue weighted by atomic mass is 32.2. The van der Waals surface area contributed by atoms with Crippen LogP contribution < -0.4 is 4.72 Å². The molecule has 0 aromatic heterocycles. The van der Waals surface area contributed by atoms with Crippen molar-refractivity contribution in [3.8, 4) is 0 Å². The fourth-order valence-corrected chi connectivity index (χ4v) is 4.44. The van der Waals surface area contributed by atoms with Crippen LogP contribution in [0.3, 0.4) is 0 Å². The first-order chi connectivity index (χ1) is 10.2. The Morgan fingerprint density at radius 3 is 1.64 bits per heavy atom. The average Bonchev–Trinajstić information content (AvgIpc) is 2.47. The van der Waals surface area contributed by atoms with Crippen molar-refractivity contribution >= 4 is 10.0 Å². The van der Waals surface area contributed by atoms with Gasteiger partial charge in [0.2, 0.25) is 10.0 Å². The Morgan fingerprint density at radius 1 is 0.818 bits per heavy atom. The molecule has 0 bridgehead atoms. The van der Waals surface area contributed by atoms with E-state index < -0.39 is 10.0 Å². The third kappa shape index (κ3) is 3.89. The summed E-state index contributed by atoms with van der Waals surface area (Å²) >= 11 is 0. The first kappa shape index (κ1) is 19.1. The van der Waals surface area contributed by atoms with E-state index in [-0.39, 0.29) is 0 Å². The van der Waals surface area contributed by atoms with E-state index >= 15 is 0 Å². The third-order valence-corrected chi connectivity index (χ3v) is 6.55. The van der Waals surface area contributed by atoms with E-state index in [4.69, 9.17) is 0 Å². The van der Waals surface area contributed by atoms with Crippen LogP contribution in [-0.2, 0) is 10.0 Å². The number of hydrogen-bond donors (Lipinski definition) is 1. The van der Waals surface area contributed by atoms with Crippen LogP contribution >= 0.6 is 0 Å². The van der Waals surface area contributed by atoms with E-state index in [1.54, 1.807) is 0 Å². The molecule has 0 heterocycles. The van der Waals surface area contributed by atoms with E-state index in [9.17, 15) is 8.42 Å². The lowest BCUT2D eigenvalue weighted by atomic mass is 9.95. The predicted molar refractivity (Wildman–Crippen MR) is 93.1 cm³/mol. The summed E-state index contributed by atoms with van der Waals surface area (Å²) in [5.74, 6) is 0. The summed E-state index contributed by atoms with van der Waals surface area (Å²) in [6, 6.07) is 0. The molecule has 0 spiro atoms. The molecule has 0 saturated carbocycles. The second kappa shape index (κ2) is 7.57. The molecule has 126 valence electrons. The maximum Gasteiger partial charge on any atom is 0.241 e. The van der Waals surface area contributed by atoms with Crippen LogP contribution in [0.25, 0.3) is 0 Å². The average molecular weight is 327 g/mol. The van der Waals surface area contributed by atoms with Crippen molar-refractivity contribution in [3.05, 3.63) is 27.8 Å². The summed E-state index contributed by atoms with van der Waals surface area (Å²) in [7, 11) is -3.47. The second-order valence-corrected chi connectivity index (χ2v) is 7.58. The predicted octanol–water partition coefficient (Wildman–Crippen LogP) is 2.85. The van der Waals surface area contributed by atoms with Crippen LogP contribution in [0.4, 0.5) is 0 Å². The summed E-state index contributed by atoms with van der Waals surface area (Å²) < 4.78 is 28.2. The number of likely N-dealkylation sites (N-methyl/N-ethyl adjacent to an activating group) is 1. The van der Waals surface area contributed by atoms with Crippen LogP contribution in [-0.4, -0.2) is 39.5 Å². The molecule has 0 atom stereocenters. The van der Waals surface area contributed by atoms with Crippen molar-refractivity contribution in [1.82, 2.24) is 9.62 Å². The van der Waals surface area contributed by atoms with E-state index in [1.165, 1.54) is 5.56 Å². The molecule has 0 aliphatic heterocycles.